The lowest BCUT2D eigenvalue weighted by Crippen LogP contribution is -2.33. The molecule has 0 spiro atoms. The molecule has 1 unspecified atom stereocenters. The molecule has 5 heteroatoms. The molecule has 1 N–H and O–H groups in total. The Morgan fingerprint density at radius 3 is 2.26 bits per heavy atom. The van der Waals surface area contributed by atoms with Gasteiger partial charge in [0.1, 0.15) is 0 Å². The first-order valence-electron chi connectivity index (χ1n) is 6.33. The van der Waals surface area contributed by atoms with Gasteiger partial charge in [0.15, 0.2) is 0 Å². The summed E-state index contributed by atoms with van der Waals surface area (Å²) in [6.45, 7) is 5.98. The van der Waals surface area contributed by atoms with E-state index in [1.165, 1.54) is 12.1 Å². The predicted octanol–water partition coefficient (Wildman–Crippen LogP) is 2.47. The Morgan fingerprint density at radius 1 is 1.21 bits per heavy atom. The smallest absolute Gasteiger partial charge is 0.208 e. The van der Waals surface area contributed by atoms with Crippen LogP contribution in [0.5, 0.6) is 0 Å². The van der Waals surface area contributed by atoms with Crippen LogP contribution in [-0.2, 0) is 16.4 Å². The molecule has 0 heterocycles. The monoisotopic (exact) mass is 280 g/mol. The Hall–Kier alpha value is -1.38. The van der Waals surface area contributed by atoms with E-state index >= 15 is 0 Å². The van der Waals surface area contributed by atoms with Crippen molar-refractivity contribution < 1.29 is 8.42 Å². The number of benzene rings is 1. The summed E-state index contributed by atoms with van der Waals surface area (Å²) in [6, 6.07) is 8.36. The lowest BCUT2D eigenvalue weighted by Gasteiger charge is -2.16. The second kappa shape index (κ2) is 6.69. The van der Waals surface area contributed by atoms with Crippen LogP contribution in [0.2, 0.25) is 0 Å². The number of hydrogen-bond acceptors (Lipinski definition) is 3. The van der Waals surface area contributed by atoms with Crippen LogP contribution in [-0.4, -0.2) is 14.5 Å². The van der Waals surface area contributed by atoms with Crippen molar-refractivity contribution in [3.05, 3.63) is 29.8 Å². The van der Waals surface area contributed by atoms with Gasteiger partial charge in [-0.15, -0.1) is 0 Å². The maximum atomic E-state index is 12.1. The van der Waals surface area contributed by atoms with Crippen molar-refractivity contribution in [3.8, 4) is 6.07 Å². The van der Waals surface area contributed by atoms with Gasteiger partial charge in [-0.1, -0.05) is 26.0 Å². The molecule has 0 amide bonds. The fourth-order valence-corrected chi connectivity index (χ4v) is 3.22. The van der Waals surface area contributed by atoms with Crippen molar-refractivity contribution in [1.29, 1.82) is 5.26 Å². The van der Waals surface area contributed by atoms with Crippen LogP contribution >= 0.6 is 0 Å². The lowest BCUT2D eigenvalue weighted by molar-refractivity contribution is 0.482. The Morgan fingerprint density at radius 2 is 1.79 bits per heavy atom. The van der Waals surface area contributed by atoms with Gasteiger partial charge >= 0.3 is 0 Å². The third-order valence-electron chi connectivity index (χ3n) is 2.70. The van der Waals surface area contributed by atoms with Crippen LogP contribution in [0.1, 0.15) is 32.8 Å². The molecule has 1 atom stereocenters. The normalized spacial score (nSPS) is 13.2. The Bertz CT molecular complexity index is 542. The largest absolute Gasteiger partial charge is 0.240 e. The van der Waals surface area contributed by atoms with Gasteiger partial charge in [0, 0.05) is 6.04 Å². The SMILES string of the molecule is CC(C)CC(C)NS(=O)(=O)c1ccc(CC#N)cc1. The van der Waals surface area contributed by atoms with Crippen LogP contribution in [0.3, 0.4) is 0 Å². The standard InChI is InChI=1S/C14H20N2O2S/c1-11(2)10-12(3)16-19(17,18)14-6-4-13(5-7-14)8-9-15/h4-7,11-12,16H,8,10H2,1-3H3. The molecule has 1 aromatic rings. The van der Waals surface area contributed by atoms with E-state index in [-0.39, 0.29) is 17.4 Å². The van der Waals surface area contributed by atoms with Gasteiger partial charge in [-0.05, 0) is 37.0 Å². The number of nitrogens with one attached hydrogen (secondary N) is 1. The molecule has 104 valence electrons. The topological polar surface area (TPSA) is 70.0 Å². The van der Waals surface area contributed by atoms with Gasteiger partial charge in [-0.25, -0.2) is 13.1 Å². The third kappa shape index (κ3) is 5.01. The molecule has 0 saturated carbocycles. The van der Waals surface area contributed by atoms with E-state index in [1.54, 1.807) is 12.1 Å². The molecule has 0 aliphatic carbocycles. The summed E-state index contributed by atoms with van der Waals surface area (Å²) in [5.41, 5.74) is 0.816. The van der Waals surface area contributed by atoms with Crippen LogP contribution in [0, 0.1) is 17.2 Å². The molecule has 0 aliphatic heterocycles. The van der Waals surface area contributed by atoms with Gasteiger partial charge in [0.2, 0.25) is 10.0 Å². The van der Waals surface area contributed by atoms with Gasteiger partial charge in [0.05, 0.1) is 17.4 Å². The van der Waals surface area contributed by atoms with Crippen LogP contribution < -0.4 is 4.72 Å². The molecule has 0 aromatic heterocycles. The summed E-state index contributed by atoms with van der Waals surface area (Å²) in [4.78, 5) is 0.241. The van der Waals surface area contributed by atoms with E-state index in [9.17, 15) is 8.42 Å². The van der Waals surface area contributed by atoms with Gasteiger partial charge in [0.25, 0.3) is 0 Å². The minimum absolute atomic E-state index is 0.0937. The lowest BCUT2D eigenvalue weighted by atomic mass is 10.1. The zero-order valence-corrected chi connectivity index (χ0v) is 12.4. The summed E-state index contributed by atoms with van der Waals surface area (Å²) < 4.78 is 26.9. The zero-order valence-electron chi connectivity index (χ0n) is 11.6. The van der Waals surface area contributed by atoms with Crippen molar-refractivity contribution in [3.63, 3.8) is 0 Å². The van der Waals surface area contributed by atoms with E-state index in [2.05, 4.69) is 18.6 Å². The maximum Gasteiger partial charge on any atom is 0.240 e. The van der Waals surface area contributed by atoms with Crippen LogP contribution in [0.25, 0.3) is 0 Å². The first-order chi connectivity index (χ1) is 8.85. The fraction of sp³-hybridized carbons (Fsp3) is 0.500. The average molecular weight is 280 g/mol. The molecule has 0 aliphatic rings. The van der Waals surface area contributed by atoms with Gasteiger partial charge in [-0.2, -0.15) is 5.26 Å². The average Bonchev–Trinajstić information content (AvgIpc) is 2.28. The Labute approximate surface area is 115 Å². The summed E-state index contributed by atoms with van der Waals surface area (Å²) in [5, 5.41) is 8.57. The zero-order chi connectivity index (χ0) is 14.5. The summed E-state index contributed by atoms with van der Waals surface area (Å²) in [5.74, 6) is 0.440. The van der Waals surface area contributed by atoms with E-state index in [0.717, 1.165) is 12.0 Å². The number of hydrogen-bond donors (Lipinski definition) is 1. The van der Waals surface area contributed by atoms with Crippen LogP contribution in [0.15, 0.2) is 29.2 Å². The van der Waals surface area contributed by atoms with Crippen molar-refractivity contribution >= 4 is 10.0 Å². The third-order valence-corrected chi connectivity index (χ3v) is 4.30. The predicted molar refractivity (Wildman–Crippen MR) is 75.0 cm³/mol. The fourth-order valence-electron chi connectivity index (χ4n) is 1.97. The molecule has 1 rings (SSSR count). The maximum absolute atomic E-state index is 12.1. The van der Waals surface area contributed by atoms with Gasteiger partial charge in [-0.3, -0.25) is 0 Å². The van der Waals surface area contributed by atoms with E-state index in [4.69, 9.17) is 5.26 Å². The highest BCUT2D eigenvalue weighted by molar-refractivity contribution is 7.89. The summed E-state index contributed by atoms with van der Waals surface area (Å²) >= 11 is 0. The van der Waals surface area contributed by atoms with Crippen molar-refractivity contribution in [2.45, 2.75) is 44.6 Å². The molecule has 1 aromatic carbocycles. The van der Waals surface area contributed by atoms with E-state index in [0.29, 0.717) is 5.92 Å². The summed E-state index contributed by atoms with van der Waals surface area (Å²) in [7, 11) is -3.47. The van der Waals surface area contributed by atoms with Gasteiger partial charge < -0.3 is 0 Å². The molecule has 0 fully saturated rings. The second-order valence-electron chi connectivity index (χ2n) is 5.13. The molecule has 4 nitrogen and oxygen atoms in total. The highest BCUT2D eigenvalue weighted by atomic mass is 32.2. The van der Waals surface area contributed by atoms with Crippen molar-refractivity contribution in [1.82, 2.24) is 4.72 Å². The molecule has 19 heavy (non-hydrogen) atoms. The van der Waals surface area contributed by atoms with E-state index < -0.39 is 10.0 Å². The van der Waals surface area contributed by atoms with Crippen LogP contribution in [0.4, 0.5) is 0 Å². The molecule has 0 bridgehead atoms. The first kappa shape index (κ1) is 15.7. The number of rotatable bonds is 6. The summed E-state index contributed by atoms with van der Waals surface area (Å²) in [6.07, 6.45) is 1.09. The molecule has 0 radical (unpaired) electrons. The minimum Gasteiger partial charge on any atom is -0.208 e. The number of sulfonamides is 1. The number of nitriles is 1. The molecular formula is C14H20N2O2S. The minimum atomic E-state index is -3.47. The number of nitrogens with zero attached hydrogens (tertiary/aromatic N) is 1. The first-order valence-corrected chi connectivity index (χ1v) is 7.81. The van der Waals surface area contributed by atoms with Crippen molar-refractivity contribution in [2.75, 3.05) is 0 Å². The highest BCUT2D eigenvalue weighted by Crippen LogP contribution is 2.13. The molecule has 0 saturated heterocycles. The van der Waals surface area contributed by atoms with E-state index in [1.807, 2.05) is 13.0 Å². The highest BCUT2D eigenvalue weighted by Gasteiger charge is 2.17. The Kier molecular flexibility index (Phi) is 5.52. The Balaban J connectivity index is 2.80. The van der Waals surface area contributed by atoms with Crippen molar-refractivity contribution in [2.24, 2.45) is 5.92 Å². The second-order valence-corrected chi connectivity index (χ2v) is 6.84. The molecular weight excluding hydrogens is 260 g/mol. The quantitative estimate of drug-likeness (QED) is 0.870.